The molecule has 0 rings (SSSR count). The van der Waals surface area contributed by atoms with Crippen molar-refractivity contribution in [2.24, 2.45) is 0 Å². The van der Waals surface area contributed by atoms with Crippen LogP contribution in [0.4, 0.5) is 0 Å². The summed E-state index contributed by atoms with van der Waals surface area (Å²) >= 11 is 0. The number of ether oxygens (including phenoxy) is 1. The first-order valence-electron chi connectivity index (χ1n) is 5.41. The van der Waals surface area contributed by atoms with Crippen LogP contribution in [0, 0.1) is 0 Å². The minimum absolute atomic E-state index is 1.05. The van der Waals surface area contributed by atoms with E-state index >= 15 is 0 Å². The molecule has 14 heavy (non-hydrogen) atoms. The molecule has 0 unspecified atom stereocenters. The molecule has 0 N–H and O–H groups in total. The third-order valence-electron chi connectivity index (χ3n) is 1.84. The van der Waals surface area contributed by atoms with Gasteiger partial charge in [-0.05, 0) is 25.3 Å². The molecule has 0 aromatic heterocycles. The van der Waals surface area contributed by atoms with Crippen molar-refractivity contribution >= 4 is 0 Å². The van der Waals surface area contributed by atoms with Crippen molar-refractivity contribution in [3.8, 4) is 0 Å². The lowest BCUT2D eigenvalue weighted by Gasteiger charge is -1.87. The van der Waals surface area contributed by atoms with E-state index in [0.29, 0.717) is 0 Å². The first kappa shape index (κ1) is 13.0. The van der Waals surface area contributed by atoms with Crippen molar-refractivity contribution < 1.29 is 4.74 Å². The van der Waals surface area contributed by atoms with Crippen LogP contribution in [0.5, 0.6) is 0 Å². The maximum Gasteiger partial charge on any atom is 0.0784 e. The Morgan fingerprint density at radius 1 is 0.929 bits per heavy atom. The zero-order chi connectivity index (χ0) is 10.5. The van der Waals surface area contributed by atoms with Gasteiger partial charge in [-0.1, -0.05) is 44.1 Å². The Morgan fingerprint density at radius 2 is 1.57 bits per heavy atom. The fraction of sp³-hybridized carbons (Fsp3) is 0.538. The lowest BCUT2D eigenvalue weighted by atomic mass is 10.2. The van der Waals surface area contributed by atoms with Crippen LogP contribution in [0.2, 0.25) is 0 Å². The van der Waals surface area contributed by atoms with Gasteiger partial charge in [0.1, 0.15) is 0 Å². The van der Waals surface area contributed by atoms with Crippen molar-refractivity contribution in [1.29, 1.82) is 0 Å². The van der Waals surface area contributed by atoms with Crippen LogP contribution in [-0.4, -0.2) is 7.11 Å². The van der Waals surface area contributed by atoms with Crippen LogP contribution in [-0.2, 0) is 4.74 Å². The summed E-state index contributed by atoms with van der Waals surface area (Å²) in [5, 5.41) is 0. The minimum atomic E-state index is 1.05. The Labute approximate surface area is 88.2 Å². The van der Waals surface area contributed by atoms with Gasteiger partial charge in [0.05, 0.1) is 13.4 Å². The Hall–Kier alpha value is -0.980. The molecular formula is C13H22O. The third-order valence-corrected chi connectivity index (χ3v) is 1.84. The van der Waals surface area contributed by atoms with Gasteiger partial charge in [-0.15, -0.1) is 0 Å². The molecule has 0 fully saturated rings. The van der Waals surface area contributed by atoms with E-state index in [0.717, 1.165) is 12.8 Å². The Morgan fingerprint density at radius 3 is 2.21 bits per heavy atom. The topological polar surface area (TPSA) is 9.23 Å². The second kappa shape index (κ2) is 12.0. The molecule has 0 bridgehead atoms. The predicted octanol–water partition coefficient (Wildman–Crippen LogP) is 4.23. The highest BCUT2D eigenvalue weighted by molar-refractivity contribution is 5.02. The van der Waals surface area contributed by atoms with E-state index in [1.54, 1.807) is 13.4 Å². The smallest absolute Gasteiger partial charge is 0.0784 e. The number of methoxy groups -OCH3 is 1. The van der Waals surface area contributed by atoms with Crippen LogP contribution in [0.3, 0.4) is 0 Å². The molecule has 0 aliphatic carbocycles. The molecule has 0 amide bonds. The molecule has 1 heteroatoms. The number of allylic oxidation sites excluding steroid dienone is 5. The molecule has 0 spiro atoms. The van der Waals surface area contributed by atoms with Gasteiger partial charge in [-0.25, -0.2) is 0 Å². The van der Waals surface area contributed by atoms with Gasteiger partial charge in [-0.2, -0.15) is 0 Å². The van der Waals surface area contributed by atoms with Gasteiger partial charge in [-0.3, -0.25) is 0 Å². The first-order valence-corrected chi connectivity index (χ1v) is 5.41. The van der Waals surface area contributed by atoms with Crippen LogP contribution in [0.1, 0.15) is 39.0 Å². The number of hydrogen-bond acceptors (Lipinski definition) is 1. The largest absolute Gasteiger partial charge is 0.505 e. The summed E-state index contributed by atoms with van der Waals surface area (Å²) in [6.45, 7) is 2.21. The summed E-state index contributed by atoms with van der Waals surface area (Å²) in [7, 11) is 1.67. The summed E-state index contributed by atoms with van der Waals surface area (Å²) < 4.78 is 4.80. The number of unbranched alkanes of at least 4 members (excludes halogenated alkanes) is 3. The van der Waals surface area contributed by atoms with E-state index in [1.807, 2.05) is 6.08 Å². The SMILES string of the molecule is CCCC/C=C/C=C\CCC=COC. The highest BCUT2D eigenvalue weighted by Crippen LogP contribution is 1.96. The third kappa shape index (κ3) is 11.0. The number of rotatable bonds is 8. The molecule has 1 nitrogen and oxygen atoms in total. The maximum atomic E-state index is 4.80. The summed E-state index contributed by atoms with van der Waals surface area (Å²) in [5.41, 5.74) is 0. The summed E-state index contributed by atoms with van der Waals surface area (Å²) in [4.78, 5) is 0. The van der Waals surface area contributed by atoms with Crippen LogP contribution in [0.15, 0.2) is 36.6 Å². The lowest BCUT2D eigenvalue weighted by molar-refractivity contribution is 0.336. The van der Waals surface area contributed by atoms with E-state index in [-0.39, 0.29) is 0 Å². The summed E-state index contributed by atoms with van der Waals surface area (Å²) in [6.07, 6.45) is 18.3. The molecule has 0 atom stereocenters. The fourth-order valence-corrected chi connectivity index (χ4v) is 1.03. The van der Waals surface area contributed by atoms with Crippen molar-refractivity contribution in [1.82, 2.24) is 0 Å². The first-order chi connectivity index (χ1) is 6.91. The molecule has 0 aliphatic rings. The molecule has 0 heterocycles. The Kier molecular flexibility index (Phi) is 11.2. The predicted molar refractivity (Wildman–Crippen MR) is 63.2 cm³/mol. The van der Waals surface area contributed by atoms with Gasteiger partial charge < -0.3 is 4.74 Å². The summed E-state index contributed by atoms with van der Waals surface area (Å²) in [5.74, 6) is 0. The lowest BCUT2D eigenvalue weighted by Crippen LogP contribution is -1.68. The van der Waals surface area contributed by atoms with Crippen LogP contribution >= 0.6 is 0 Å². The highest BCUT2D eigenvalue weighted by atomic mass is 16.5. The van der Waals surface area contributed by atoms with Crippen LogP contribution < -0.4 is 0 Å². The van der Waals surface area contributed by atoms with E-state index in [1.165, 1.54) is 19.3 Å². The van der Waals surface area contributed by atoms with Crippen molar-refractivity contribution in [2.45, 2.75) is 39.0 Å². The van der Waals surface area contributed by atoms with E-state index in [2.05, 4.69) is 31.2 Å². The average Bonchev–Trinajstić information content (AvgIpc) is 2.21. The molecule has 0 saturated heterocycles. The van der Waals surface area contributed by atoms with Gasteiger partial charge in [0, 0.05) is 0 Å². The molecule has 0 aromatic rings. The molecular weight excluding hydrogens is 172 g/mol. The number of hydrogen-bond donors (Lipinski definition) is 0. The average molecular weight is 194 g/mol. The molecule has 0 radical (unpaired) electrons. The molecule has 0 saturated carbocycles. The standard InChI is InChI=1S/C13H22O/c1-3-4-5-6-7-8-9-10-11-12-13-14-2/h6-9,12-13H,3-5,10-11H2,1-2H3/b7-6+,9-8-,13-12?. The van der Waals surface area contributed by atoms with Gasteiger partial charge in [0.15, 0.2) is 0 Å². The molecule has 80 valence electrons. The van der Waals surface area contributed by atoms with Crippen molar-refractivity contribution in [3.05, 3.63) is 36.6 Å². The highest BCUT2D eigenvalue weighted by Gasteiger charge is 1.76. The Balaban J connectivity index is 3.26. The van der Waals surface area contributed by atoms with Gasteiger partial charge >= 0.3 is 0 Å². The second-order valence-electron chi connectivity index (χ2n) is 3.18. The normalized spacial score (nSPS) is 12.1. The van der Waals surface area contributed by atoms with E-state index < -0.39 is 0 Å². The van der Waals surface area contributed by atoms with Crippen molar-refractivity contribution in [2.75, 3.05) is 7.11 Å². The van der Waals surface area contributed by atoms with Gasteiger partial charge in [0.2, 0.25) is 0 Å². The minimum Gasteiger partial charge on any atom is -0.505 e. The quantitative estimate of drug-likeness (QED) is 0.319. The maximum absolute atomic E-state index is 4.80. The molecule has 0 aromatic carbocycles. The molecule has 0 aliphatic heterocycles. The second-order valence-corrected chi connectivity index (χ2v) is 3.18. The van der Waals surface area contributed by atoms with E-state index in [4.69, 9.17) is 4.74 Å². The van der Waals surface area contributed by atoms with Crippen molar-refractivity contribution in [3.63, 3.8) is 0 Å². The summed E-state index contributed by atoms with van der Waals surface area (Å²) in [6, 6.07) is 0. The monoisotopic (exact) mass is 194 g/mol. The Bertz CT molecular complexity index is 178. The fourth-order valence-electron chi connectivity index (χ4n) is 1.03. The van der Waals surface area contributed by atoms with Gasteiger partial charge in [0.25, 0.3) is 0 Å². The van der Waals surface area contributed by atoms with E-state index in [9.17, 15) is 0 Å². The zero-order valence-electron chi connectivity index (χ0n) is 9.41. The zero-order valence-corrected chi connectivity index (χ0v) is 9.41. The van der Waals surface area contributed by atoms with Crippen LogP contribution in [0.25, 0.3) is 0 Å².